The third-order valence-electron chi connectivity index (χ3n) is 3.99. The van der Waals surface area contributed by atoms with Gasteiger partial charge in [0.1, 0.15) is 12.1 Å². The summed E-state index contributed by atoms with van der Waals surface area (Å²) in [5, 5.41) is 17.3. The van der Waals surface area contributed by atoms with Gasteiger partial charge in [0.2, 0.25) is 5.82 Å². The quantitative estimate of drug-likeness (QED) is 0.712. The first-order chi connectivity index (χ1) is 12.6. The van der Waals surface area contributed by atoms with Crippen LogP contribution in [0.3, 0.4) is 0 Å². The van der Waals surface area contributed by atoms with Crippen molar-refractivity contribution in [2.24, 2.45) is 0 Å². The fourth-order valence-corrected chi connectivity index (χ4v) is 2.49. The molecule has 7 heteroatoms. The zero-order chi connectivity index (χ0) is 18.5. The van der Waals surface area contributed by atoms with Crippen LogP contribution in [0.1, 0.15) is 27.8 Å². The van der Waals surface area contributed by atoms with Crippen molar-refractivity contribution in [1.82, 2.24) is 14.8 Å². The Kier molecular flexibility index (Phi) is 5.28. The van der Waals surface area contributed by atoms with Crippen LogP contribution in [0, 0.1) is 6.92 Å². The van der Waals surface area contributed by atoms with Crippen LogP contribution >= 0.6 is 0 Å². The molecule has 1 atom stereocenters. The van der Waals surface area contributed by atoms with Crippen molar-refractivity contribution < 1.29 is 14.6 Å². The molecular weight excluding hydrogens is 332 g/mol. The number of hydrogen-bond acceptors (Lipinski definition) is 5. The van der Waals surface area contributed by atoms with Crippen molar-refractivity contribution in [3.8, 4) is 5.75 Å². The molecule has 0 unspecified atom stereocenters. The van der Waals surface area contributed by atoms with Crippen molar-refractivity contribution in [3.63, 3.8) is 0 Å². The Hall–Kier alpha value is -3.19. The van der Waals surface area contributed by atoms with Gasteiger partial charge < -0.3 is 15.2 Å². The first kappa shape index (κ1) is 17.6. The molecular formula is C19H20N4O3. The number of aliphatic hydroxyl groups excluding tert-OH is 1. The molecule has 3 aromatic rings. The third-order valence-corrected chi connectivity index (χ3v) is 3.99. The summed E-state index contributed by atoms with van der Waals surface area (Å²) in [6, 6.07) is 14.6. The summed E-state index contributed by atoms with van der Waals surface area (Å²) < 4.78 is 6.55. The van der Waals surface area contributed by atoms with E-state index < -0.39 is 12.0 Å². The molecule has 1 aromatic heterocycles. The monoisotopic (exact) mass is 352 g/mol. The Morgan fingerprint density at radius 2 is 1.96 bits per heavy atom. The highest BCUT2D eigenvalue weighted by molar-refractivity contribution is 6.01. The van der Waals surface area contributed by atoms with Crippen LogP contribution in [0.15, 0.2) is 54.9 Å². The minimum absolute atomic E-state index is 0.0511. The maximum Gasteiger partial charge on any atom is 0.295 e. The Morgan fingerprint density at radius 3 is 2.65 bits per heavy atom. The second-order valence-corrected chi connectivity index (χ2v) is 5.85. The van der Waals surface area contributed by atoms with Crippen LogP contribution < -0.4 is 10.1 Å². The number of carbonyl (C=O) groups excluding carboxylic acids is 1. The minimum Gasteiger partial charge on any atom is -0.497 e. The van der Waals surface area contributed by atoms with Crippen molar-refractivity contribution in [2.75, 3.05) is 12.4 Å². The van der Waals surface area contributed by atoms with Gasteiger partial charge in [0.05, 0.1) is 19.8 Å². The predicted molar refractivity (Wildman–Crippen MR) is 97.1 cm³/mol. The largest absolute Gasteiger partial charge is 0.497 e. The molecule has 0 fully saturated rings. The molecule has 0 aliphatic carbocycles. The van der Waals surface area contributed by atoms with E-state index in [0.29, 0.717) is 5.69 Å². The van der Waals surface area contributed by atoms with Crippen LogP contribution in [0.5, 0.6) is 5.75 Å². The molecule has 0 bridgehead atoms. The second kappa shape index (κ2) is 7.79. The average Bonchev–Trinajstić information content (AvgIpc) is 3.12. The van der Waals surface area contributed by atoms with E-state index in [1.54, 1.807) is 31.4 Å². The molecule has 1 heterocycles. The number of amides is 1. The van der Waals surface area contributed by atoms with Crippen LogP contribution in [0.4, 0.5) is 5.69 Å². The predicted octanol–water partition coefficient (Wildman–Crippen LogP) is 2.58. The maximum absolute atomic E-state index is 12.3. The van der Waals surface area contributed by atoms with E-state index in [4.69, 9.17) is 4.74 Å². The van der Waals surface area contributed by atoms with Gasteiger partial charge in [0.25, 0.3) is 5.91 Å². The van der Waals surface area contributed by atoms with Gasteiger partial charge in [-0.2, -0.15) is 0 Å². The Bertz CT molecular complexity index is 890. The first-order valence-corrected chi connectivity index (χ1v) is 8.15. The number of aryl methyl sites for hydroxylation is 1. The molecule has 2 aromatic carbocycles. The summed E-state index contributed by atoms with van der Waals surface area (Å²) >= 11 is 0. The van der Waals surface area contributed by atoms with E-state index in [2.05, 4.69) is 15.4 Å². The Balaban J connectivity index is 1.65. The fraction of sp³-hybridized carbons (Fsp3) is 0.211. The summed E-state index contributed by atoms with van der Waals surface area (Å²) in [6.07, 6.45) is 0.661. The zero-order valence-corrected chi connectivity index (χ0v) is 14.6. The number of carbonyl (C=O) groups is 1. The lowest BCUT2D eigenvalue weighted by Crippen LogP contribution is -2.16. The molecule has 134 valence electrons. The molecule has 0 saturated carbocycles. The highest BCUT2D eigenvalue weighted by Gasteiger charge is 2.15. The number of para-hydroxylation sites is 1. The lowest BCUT2D eigenvalue weighted by atomic mass is 10.1. The lowest BCUT2D eigenvalue weighted by molar-refractivity contribution is 0.101. The van der Waals surface area contributed by atoms with Crippen molar-refractivity contribution >= 4 is 11.6 Å². The molecule has 1 amide bonds. The minimum atomic E-state index is -0.769. The summed E-state index contributed by atoms with van der Waals surface area (Å²) in [5.41, 5.74) is 2.40. The molecule has 0 radical (unpaired) electrons. The van der Waals surface area contributed by atoms with Crippen molar-refractivity contribution in [1.29, 1.82) is 0 Å². The van der Waals surface area contributed by atoms with E-state index in [1.165, 1.54) is 11.0 Å². The zero-order valence-electron chi connectivity index (χ0n) is 14.6. The van der Waals surface area contributed by atoms with E-state index in [-0.39, 0.29) is 12.4 Å². The first-order valence-electron chi connectivity index (χ1n) is 8.15. The summed E-state index contributed by atoms with van der Waals surface area (Å²) in [7, 11) is 1.59. The van der Waals surface area contributed by atoms with E-state index in [0.717, 1.165) is 16.9 Å². The van der Waals surface area contributed by atoms with Crippen LogP contribution in [0.25, 0.3) is 0 Å². The van der Waals surface area contributed by atoms with Crippen molar-refractivity contribution in [2.45, 2.75) is 19.6 Å². The average molecular weight is 352 g/mol. The number of anilines is 1. The second-order valence-electron chi connectivity index (χ2n) is 5.85. The lowest BCUT2D eigenvalue weighted by Gasteiger charge is -2.11. The smallest absolute Gasteiger partial charge is 0.295 e. The summed E-state index contributed by atoms with van der Waals surface area (Å²) in [6.45, 7) is 2.10. The van der Waals surface area contributed by atoms with Crippen molar-refractivity contribution in [3.05, 3.63) is 71.8 Å². The topological polar surface area (TPSA) is 89.3 Å². The van der Waals surface area contributed by atoms with E-state index in [1.807, 2.05) is 31.2 Å². The normalized spacial score (nSPS) is 11.8. The molecule has 2 N–H and O–H groups in total. The molecule has 0 aliphatic rings. The fourth-order valence-electron chi connectivity index (χ4n) is 2.49. The van der Waals surface area contributed by atoms with Gasteiger partial charge in [0, 0.05) is 5.69 Å². The van der Waals surface area contributed by atoms with Gasteiger partial charge in [-0.25, -0.2) is 9.67 Å². The van der Waals surface area contributed by atoms with Crippen LogP contribution in [-0.2, 0) is 6.54 Å². The van der Waals surface area contributed by atoms with E-state index in [9.17, 15) is 9.90 Å². The van der Waals surface area contributed by atoms with Crippen LogP contribution in [0.2, 0.25) is 0 Å². The third kappa shape index (κ3) is 4.07. The number of ether oxygens (including phenoxy) is 1. The van der Waals surface area contributed by atoms with Gasteiger partial charge in [-0.05, 0) is 36.2 Å². The summed E-state index contributed by atoms with van der Waals surface area (Å²) in [4.78, 5) is 16.3. The van der Waals surface area contributed by atoms with E-state index >= 15 is 0 Å². The highest BCUT2D eigenvalue weighted by Crippen LogP contribution is 2.19. The number of nitrogens with zero attached hydrogens (tertiary/aromatic N) is 3. The Labute approximate surface area is 151 Å². The molecule has 7 nitrogen and oxygen atoms in total. The Morgan fingerprint density at radius 1 is 1.23 bits per heavy atom. The molecule has 26 heavy (non-hydrogen) atoms. The van der Waals surface area contributed by atoms with Gasteiger partial charge >= 0.3 is 0 Å². The molecule has 3 rings (SSSR count). The molecule has 0 aliphatic heterocycles. The van der Waals surface area contributed by atoms with Gasteiger partial charge in [-0.1, -0.05) is 30.3 Å². The maximum atomic E-state index is 12.3. The summed E-state index contributed by atoms with van der Waals surface area (Å²) in [5.74, 6) is 0.379. The molecule has 0 spiro atoms. The number of hydrogen-bond donors (Lipinski definition) is 2. The number of aliphatic hydroxyl groups is 1. The number of nitrogens with one attached hydrogen (secondary N) is 1. The SMILES string of the molecule is COc1ccc([C@@H](O)Cn2cnc(C(=O)Nc3ccccc3C)n2)cc1. The standard InChI is InChI=1S/C19H20N4O3/c1-13-5-3-4-6-16(13)21-19(25)18-20-12-23(22-18)11-17(24)14-7-9-15(26-2)10-8-14/h3-10,12,17,24H,11H2,1-2H3,(H,21,25)/t17-/m0/s1. The number of methoxy groups -OCH3 is 1. The number of aromatic nitrogens is 3. The van der Waals surface area contributed by atoms with Crippen LogP contribution in [-0.4, -0.2) is 32.9 Å². The number of rotatable bonds is 6. The van der Waals surface area contributed by atoms with Gasteiger partial charge in [-0.15, -0.1) is 5.10 Å². The molecule has 0 saturated heterocycles. The van der Waals surface area contributed by atoms with Gasteiger partial charge in [-0.3, -0.25) is 4.79 Å². The highest BCUT2D eigenvalue weighted by atomic mass is 16.5. The number of benzene rings is 2. The van der Waals surface area contributed by atoms with Gasteiger partial charge in [0.15, 0.2) is 0 Å².